The number of aryl methyl sites for hydroxylation is 2. The van der Waals surface area contributed by atoms with Crippen LogP contribution in [0.25, 0.3) is 10.9 Å². The summed E-state index contributed by atoms with van der Waals surface area (Å²) in [5.41, 5.74) is 3.58. The number of hydrogen-bond acceptors (Lipinski definition) is 3. The van der Waals surface area contributed by atoms with E-state index in [-0.39, 0.29) is 5.91 Å². The summed E-state index contributed by atoms with van der Waals surface area (Å²) in [7, 11) is 1.69. The number of amides is 1. The molecule has 28 heavy (non-hydrogen) atoms. The van der Waals surface area contributed by atoms with Crippen molar-refractivity contribution in [2.75, 3.05) is 20.2 Å². The molecule has 1 saturated heterocycles. The number of likely N-dealkylation sites (tertiary alicyclic amines) is 1. The van der Waals surface area contributed by atoms with Gasteiger partial charge in [-0.25, -0.2) is 4.98 Å². The summed E-state index contributed by atoms with van der Waals surface area (Å²) in [6, 6.07) is 8.62. The van der Waals surface area contributed by atoms with E-state index in [2.05, 4.69) is 45.9 Å². The number of H-pyrrole nitrogens is 1. The molecule has 1 aliphatic rings. The highest BCUT2D eigenvalue weighted by Crippen LogP contribution is 2.26. The molecule has 1 fully saturated rings. The molecule has 1 aliphatic heterocycles. The quantitative estimate of drug-likeness (QED) is 0.681. The van der Waals surface area contributed by atoms with Gasteiger partial charge in [0.15, 0.2) is 0 Å². The minimum absolute atomic E-state index is 0.258. The van der Waals surface area contributed by atoms with E-state index in [1.807, 2.05) is 17.2 Å². The molecule has 148 valence electrons. The van der Waals surface area contributed by atoms with Crippen LogP contribution in [0.1, 0.15) is 42.4 Å². The predicted octanol–water partition coefficient (Wildman–Crippen LogP) is 3.62. The third-order valence-corrected chi connectivity index (χ3v) is 5.72. The van der Waals surface area contributed by atoms with Crippen LogP contribution in [0.3, 0.4) is 0 Å². The molecule has 2 aromatic heterocycles. The van der Waals surface area contributed by atoms with Crippen molar-refractivity contribution in [2.24, 2.45) is 0 Å². The number of ether oxygens (including phenoxy) is 1. The number of methoxy groups -OCH3 is 1. The van der Waals surface area contributed by atoms with Gasteiger partial charge >= 0.3 is 0 Å². The maximum absolute atomic E-state index is 12.7. The highest BCUT2D eigenvalue weighted by Gasteiger charge is 2.29. The van der Waals surface area contributed by atoms with Gasteiger partial charge in [0.1, 0.15) is 12.4 Å². The van der Waals surface area contributed by atoms with Gasteiger partial charge in [-0.15, -0.1) is 0 Å². The maximum Gasteiger partial charge on any atom is 0.222 e. The lowest BCUT2D eigenvalue weighted by molar-refractivity contribution is -0.130. The zero-order valence-corrected chi connectivity index (χ0v) is 16.6. The Bertz CT molecular complexity index is 959. The summed E-state index contributed by atoms with van der Waals surface area (Å²) < 4.78 is 7.51. The zero-order chi connectivity index (χ0) is 19.5. The second kappa shape index (κ2) is 8.19. The number of nitrogens with one attached hydrogen (secondary N) is 1. The van der Waals surface area contributed by atoms with Crippen molar-refractivity contribution in [3.05, 3.63) is 53.7 Å². The molecule has 0 radical (unpaired) electrons. The first-order valence-corrected chi connectivity index (χ1v) is 10.0. The van der Waals surface area contributed by atoms with Gasteiger partial charge in [-0.2, -0.15) is 0 Å². The molecule has 0 saturated carbocycles. The molecule has 0 unspecified atom stereocenters. The van der Waals surface area contributed by atoms with E-state index in [1.165, 1.54) is 10.9 Å². The average molecular weight is 380 g/mol. The molecule has 1 aromatic carbocycles. The number of fused-ring (bicyclic) bond motifs is 1. The summed E-state index contributed by atoms with van der Waals surface area (Å²) >= 11 is 0. The number of carbonyl (C=O) groups excluding carboxylic acids is 1. The first kappa shape index (κ1) is 18.7. The topological polar surface area (TPSA) is 63.1 Å². The first-order valence-electron chi connectivity index (χ1n) is 10.0. The van der Waals surface area contributed by atoms with E-state index < -0.39 is 0 Å². The van der Waals surface area contributed by atoms with E-state index in [4.69, 9.17) is 4.74 Å². The smallest absolute Gasteiger partial charge is 0.222 e. The maximum atomic E-state index is 12.7. The Hall–Kier alpha value is -2.60. The fourth-order valence-electron chi connectivity index (χ4n) is 4.34. The minimum Gasteiger partial charge on any atom is -0.377 e. The largest absolute Gasteiger partial charge is 0.377 e. The van der Waals surface area contributed by atoms with Crippen LogP contribution in [-0.2, 0) is 22.6 Å². The molecule has 6 heteroatoms. The van der Waals surface area contributed by atoms with Crippen LogP contribution in [-0.4, -0.2) is 45.5 Å². The third kappa shape index (κ3) is 3.69. The van der Waals surface area contributed by atoms with Gasteiger partial charge in [-0.1, -0.05) is 18.2 Å². The van der Waals surface area contributed by atoms with Crippen molar-refractivity contribution in [3.63, 3.8) is 0 Å². The molecule has 3 aromatic rings. The number of hydrogen-bond donors (Lipinski definition) is 1. The van der Waals surface area contributed by atoms with Crippen LogP contribution in [0.4, 0.5) is 0 Å². The number of benzene rings is 1. The molecule has 6 nitrogen and oxygen atoms in total. The summed E-state index contributed by atoms with van der Waals surface area (Å²) in [5.74, 6) is 1.20. The van der Waals surface area contributed by atoms with Crippen molar-refractivity contribution in [3.8, 4) is 0 Å². The van der Waals surface area contributed by atoms with Gasteiger partial charge in [0, 0.05) is 55.6 Å². The van der Waals surface area contributed by atoms with Crippen LogP contribution in [0, 0.1) is 6.92 Å². The SMILES string of the molecule is COCc1ncc(C)n1[C@H]1CCN(C(=O)CCCc2c[nH]c3ccccc23)C1. The van der Waals surface area contributed by atoms with E-state index >= 15 is 0 Å². The van der Waals surface area contributed by atoms with E-state index in [1.54, 1.807) is 7.11 Å². The molecule has 1 N–H and O–H groups in total. The summed E-state index contributed by atoms with van der Waals surface area (Å²) in [6.07, 6.45) is 7.33. The molecule has 0 bridgehead atoms. The average Bonchev–Trinajstić information content (AvgIpc) is 3.41. The number of para-hydroxylation sites is 1. The Morgan fingerprint density at radius 2 is 2.21 bits per heavy atom. The molecule has 1 atom stereocenters. The molecule has 0 spiro atoms. The Morgan fingerprint density at radius 3 is 3.07 bits per heavy atom. The summed E-state index contributed by atoms with van der Waals surface area (Å²) in [5, 5.41) is 1.26. The van der Waals surface area contributed by atoms with Crippen LogP contribution in [0.2, 0.25) is 0 Å². The molecule has 4 rings (SSSR count). The van der Waals surface area contributed by atoms with E-state index in [0.717, 1.165) is 49.4 Å². The molecular formula is C22H28N4O2. The van der Waals surface area contributed by atoms with Crippen molar-refractivity contribution in [2.45, 2.75) is 45.3 Å². The van der Waals surface area contributed by atoms with Gasteiger partial charge in [0.05, 0.1) is 6.04 Å². The van der Waals surface area contributed by atoms with Crippen LogP contribution in [0.15, 0.2) is 36.7 Å². The van der Waals surface area contributed by atoms with Crippen LogP contribution >= 0.6 is 0 Å². The van der Waals surface area contributed by atoms with E-state index in [9.17, 15) is 4.79 Å². The summed E-state index contributed by atoms with van der Waals surface area (Å²) in [6.45, 7) is 4.15. The normalized spacial score (nSPS) is 16.9. The first-order chi connectivity index (χ1) is 13.7. The fraction of sp³-hybridized carbons (Fsp3) is 0.455. The fourth-order valence-corrected chi connectivity index (χ4v) is 4.34. The van der Waals surface area contributed by atoms with Gasteiger partial charge < -0.3 is 19.2 Å². The monoisotopic (exact) mass is 380 g/mol. The standard InChI is InChI=1S/C22H28N4O2/c1-16-12-24-21(15-28-2)26(16)18-10-11-25(14-18)22(27)9-5-6-17-13-23-20-8-4-3-7-19(17)20/h3-4,7-8,12-13,18,23H,5-6,9-11,14-15H2,1-2H3/t18-/m0/s1. The number of aromatic nitrogens is 3. The highest BCUT2D eigenvalue weighted by molar-refractivity contribution is 5.83. The lowest BCUT2D eigenvalue weighted by atomic mass is 10.1. The number of nitrogens with zero attached hydrogens (tertiary/aromatic N) is 3. The van der Waals surface area contributed by atoms with Gasteiger partial charge in [0.2, 0.25) is 5.91 Å². The Labute approximate surface area is 165 Å². The molecule has 0 aliphatic carbocycles. The molecule has 1 amide bonds. The van der Waals surface area contributed by atoms with Crippen LogP contribution < -0.4 is 0 Å². The van der Waals surface area contributed by atoms with Gasteiger partial charge in [-0.05, 0) is 37.8 Å². The number of rotatable bonds is 7. The zero-order valence-electron chi connectivity index (χ0n) is 16.6. The van der Waals surface area contributed by atoms with Gasteiger partial charge in [0.25, 0.3) is 0 Å². The van der Waals surface area contributed by atoms with Crippen molar-refractivity contribution < 1.29 is 9.53 Å². The Balaban J connectivity index is 1.32. The van der Waals surface area contributed by atoms with Crippen molar-refractivity contribution in [1.29, 1.82) is 0 Å². The second-order valence-electron chi connectivity index (χ2n) is 7.61. The van der Waals surface area contributed by atoms with E-state index in [0.29, 0.717) is 19.1 Å². The van der Waals surface area contributed by atoms with Crippen molar-refractivity contribution in [1.82, 2.24) is 19.4 Å². The lowest BCUT2D eigenvalue weighted by Gasteiger charge is -2.19. The Kier molecular flexibility index (Phi) is 5.48. The van der Waals surface area contributed by atoms with Crippen molar-refractivity contribution >= 4 is 16.8 Å². The minimum atomic E-state index is 0.258. The molecular weight excluding hydrogens is 352 g/mol. The number of aromatic amines is 1. The second-order valence-corrected chi connectivity index (χ2v) is 7.61. The predicted molar refractivity (Wildman–Crippen MR) is 109 cm³/mol. The van der Waals surface area contributed by atoms with Crippen LogP contribution in [0.5, 0.6) is 0 Å². The number of carbonyl (C=O) groups is 1. The highest BCUT2D eigenvalue weighted by atomic mass is 16.5. The number of imidazole rings is 1. The van der Waals surface area contributed by atoms with Gasteiger partial charge in [-0.3, -0.25) is 4.79 Å². The molecule has 3 heterocycles. The third-order valence-electron chi connectivity index (χ3n) is 5.72. The Morgan fingerprint density at radius 1 is 1.36 bits per heavy atom. The lowest BCUT2D eigenvalue weighted by Crippen LogP contribution is -2.29. The summed E-state index contributed by atoms with van der Waals surface area (Å²) in [4.78, 5) is 22.5.